The maximum Gasteiger partial charge on any atom is 0.319 e. The number of amides is 2. The number of rotatable bonds is 3. The van der Waals surface area contributed by atoms with Crippen molar-refractivity contribution in [3.63, 3.8) is 0 Å². The quantitative estimate of drug-likeness (QED) is 0.915. The molecule has 0 atom stereocenters. The van der Waals surface area contributed by atoms with Gasteiger partial charge in [-0.25, -0.2) is 4.79 Å². The molecule has 2 aromatic rings. The fourth-order valence-electron chi connectivity index (χ4n) is 2.61. The summed E-state index contributed by atoms with van der Waals surface area (Å²) in [7, 11) is 1.90. The van der Waals surface area contributed by atoms with Gasteiger partial charge in [-0.15, -0.1) is 0 Å². The fraction of sp³-hybridized carbons (Fsp3) is 0.438. The standard InChI is InChI=1S/C16H23N5O/c1-9-7-10(2)18-12(4)15(9)19-16(22)17-8-14-11(3)20-21(6)13(14)5/h7H,8H2,1-6H3,(H2,17,19,22). The van der Waals surface area contributed by atoms with Crippen LogP contribution in [0.4, 0.5) is 10.5 Å². The highest BCUT2D eigenvalue weighted by Gasteiger charge is 2.12. The van der Waals surface area contributed by atoms with Gasteiger partial charge in [-0.2, -0.15) is 5.10 Å². The van der Waals surface area contributed by atoms with Gasteiger partial charge in [-0.1, -0.05) is 0 Å². The number of carbonyl (C=O) groups excluding carboxylic acids is 1. The number of hydrogen-bond donors (Lipinski definition) is 2. The number of nitrogens with one attached hydrogen (secondary N) is 2. The molecule has 0 radical (unpaired) electrons. The number of hydrogen-bond acceptors (Lipinski definition) is 3. The molecule has 6 heteroatoms. The number of nitrogens with zero attached hydrogens (tertiary/aromatic N) is 3. The molecule has 0 saturated heterocycles. The van der Waals surface area contributed by atoms with Crippen molar-refractivity contribution >= 4 is 11.7 Å². The van der Waals surface area contributed by atoms with Crippen LogP contribution in [-0.2, 0) is 13.6 Å². The topological polar surface area (TPSA) is 71.8 Å². The molecule has 0 fully saturated rings. The van der Waals surface area contributed by atoms with Gasteiger partial charge in [-0.05, 0) is 46.2 Å². The van der Waals surface area contributed by atoms with Crippen LogP contribution in [0.3, 0.4) is 0 Å². The molecule has 0 spiro atoms. The van der Waals surface area contributed by atoms with E-state index in [0.29, 0.717) is 6.54 Å². The second-order valence-electron chi connectivity index (χ2n) is 5.62. The summed E-state index contributed by atoms with van der Waals surface area (Å²) in [5.41, 5.74) is 6.58. The second-order valence-corrected chi connectivity index (χ2v) is 5.62. The Morgan fingerprint density at radius 2 is 1.86 bits per heavy atom. The van der Waals surface area contributed by atoms with E-state index in [1.807, 2.05) is 52.4 Å². The van der Waals surface area contributed by atoms with E-state index in [0.717, 1.165) is 39.6 Å². The predicted molar refractivity (Wildman–Crippen MR) is 87.0 cm³/mol. The number of pyridine rings is 1. The molecule has 0 aromatic carbocycles. The van der Waals surface area contributed by atoms with Crippen LogP contribution >= 0.6 is 0 Å². The van der Waals surface area contributed by atoms with Crippen molar-refractivity contribution in [2.75, 3.05) is 5.32 Å². The lowest BCUT2D eigenvalue weighted by Gasteiger charge is -2.13. The summed E-state index contributed by atoms with van der Waals surface area (Å²) in [5.74, 6) is 0. The van der Waals surface area contributed by atoms with E-state index < -0.39 is 0 Å². The highest BCUT2D eigenvalue weighted by atomic mass is 16.2. The van der Waals surface area contributed by atoms with Gasteiger partial charge in [0.25, 0.3) is 0 Å². The minimum absolute atomic E-state index is 0.237. The number of aromatic nitrogens is 3. The SMILES string of the molecule is Cc1cc(C)c(NC(=O)NCc2c(C)nn(C)c2C)c(C)n1. The van der Waals surface area contributed by atoms with Crippen LogP contribution in [0.1, 0.15) is 33.9 Å². The van der Waals surface area contributed by atoms with Crippen LogP contribution in [0.15, 0.2) is 6.07 Å². The lowest BCUT2D eigenvalue weighted by Crippen LogP contribution is -2.29. The van der Waals surface area contributed by atoms with Gasteiger partial charge < -0.3 is 10.6 Å². The summed E-state index contributed by atoms with van der Waals surface area (Å²) < 4.78 is 1.82. The zero-order chi connectivity index (χ0) is 16.4. The molecule has 2 N–H and O–H groups in total. The summed E-state index contributed by atoms with van der Waals surface area (Å²) in [4.78, 5) is 16.5. The molecule has 2 rings (SSSR count). The second kappa shape index (κ2) is 6.17. The van der Waals surface area contributed by atoms with Gasteiger partial charge in [0.15, 0.2) is 0 Å². The van der Waals surface area contributed by atoms with Crippen LogP contribution in [0, 0.1) is 34.6 Å². The van der Waals surface area contributed by atoms with E-state index in [4.69, 9.17) is 0 Å². The first-order valence-electron chi connectivity index (χ1n) is 7.28. The zero-order valence-corrected chi connectivity index (χ0v) is 14.0. The Hall–Kier alpha value is -2.37. The van der Waals surface area contributed by atoms with Crippen LogP contribution in [0.5, 0.6) is 0 Å². The largest absolute Gasteiger partial charge is 0.334 e. The maximum absolute atomic E-state index is 12.1. The Kier molecular flexibility index (Phi) is 4.49. The molecule has 0 aliphatic rings. The molecule has 22 heavy (non-hydrogen) atoms. The monoisotopic (exact) mass is 301 g/mol. The highest BCUT2D eigenvalue weighted by molar-refractivity contribution is 5.90. The van der Waals surface area contributed by atoms with Gasteiger partial charge in [0.2, 0.25) is 0 Å². The molecule has 0 saturated carbocycles. The summed E-state index contributed by atoms with van der Waals surface area (Å²) in [6.45, 7) is 10.2. The van der Waals surface area contributed by atoms with Gasteiger partial charge in [0.05, 0.1) is 17.1 Å². The predicted octanol–water partition coefficient (Wildman–Crippen LogP) is 2.68. The van der Waals surface area contributed by atoms with Crippen molar-refractivity contribution in [3.8, 4) is 0 Å². The van der Waals surface area contributed by atoms with Gasteiger partial charge in [0, 0.05) is 30.5 Å². The normalized spacial score (nSPS) is 10.6. The van der Waals surface area contributed by atoms with Crippen molar-refractivity contribution in [2.24, 2.45) is 7.05 Å². The first-order chi connectivity index (χ1) is 10.3. The molecule has 2 amide bonds. The van der Waals surface area contributed by atoms with Crippen LogP contribution in [0.25, 0.3) is 0 Å². The molecule has 118 valence electrons. The van der Waals surface area contributed by atoms with Crippen LogP contribution in [0.2, 0.25) is 0 Å². The van der Waals surface area contributed by atoms with Crippen molar-refractivity contribution in [1.82, 2.24) is 20.1 Å². The first-order valence-corrected chi connectivity index (χ1v) is 7.28. The Labute approximate surface area is 130 Å². The first kappa shape index (κ1) is 16.0. The smallest absolute Gasteiger partial charge is 0.319 e. The third kappa shape index (κ3) is 3.27. The average Bonchev–Trinajstić information content (AvgIpc) is 2.65. The summed E-state index contributed by atoms with van der Waals surface area (Å²) in [6, 6.07) is 1.72. The molecule has 0 bridgehead atoms. The van der Waals surface area contributed by atoms with Crippen LogP contribution in [-0.4, -0.2) is 20.8 Å². The minimum atomic E-state index is -0.237. The Morgan fingerprint density at radius 1 is 1.18 bits per heavy atom. The Morgan fingerprint density at radius 3 is 2.41 bits per heavy atom. The van der Waals surface area contributed by atoms with Crippen molar-refractivity contribution in [1.29, 1.82) is 0 Å². The Bertz CT molecular complexity index is 695. The molecule has 0 aliphatic carbocycles. The molecule has 6 nitrogen and oxygen atoms in total. The number of carbonyl (C=O) groups is 1. The number of urea groups is 1. The van der Waals surface area contributed by atoms with Crippen LogP contribution < -0.4 is 10.6 Å². The summed E-state index contributed by atoms with van der Waals surface area (Å²) >= 11 is 0. The van der Waals surface area contributed by atoms with Crippen molar-refractivity contribution < 1.29 is 4.79 Å². The molecular weight excluding hydrogens is 278 g/mol. The highest BCUT2D eigenvalue weighted by Crippen LogP contribution is 2.19. The summed E-state index contributed by atoms with van der Waals surface area (Å²) in [5, 5.41) is 10.1. The molecule has 0 aliphatic heterocycles. The molecule has 0 unspecified atom stereocenters. The van der Waals surface area contributed by atoms with Gasteiger partial charge in [-0.3, -0.25) is 9.67 Å². The molecule has 2 heterocycles. The molecular formula is C16H23N5O. The van der Waals surface area contributed by atoms with Crippen molar-refractivity contribution in [3.05, 3.63) is 40.0 Å². The van der Waals surface area contributed by atoms with E-state index >= 15 is 0 Å². The minimum Gasteiger partial charge on any atom is -0.334 e. The van der Waals surface area contributed by atoms with E-state index in [1.54, 1.807) is 0 Å². The van der Waals surface area contributed by atoms with E-state index in [-0.39, 0.29) is 6.03 Å². The average molecular weight is 301 g/mol. The van der Waals surface area contributed by atoms with Gasteiger partial charge in [0.1, 0.15) is 0 Å². The molecule has 2 aromatic heterocycles. The van der Waals surface area contributed by atoms with E-state index in [2.05, 4.69) is 20.7 Å². The van der Waals surface area contributed by atoms with E-state index in [9.17, 15) is 4.79 Å². The van der Waals surface area contributed by atoms with Gasteiger partial charge >= 0.3 is 6.03 Å². The maximum atomic E-state index is 12.1. The third-order valence-electron chi connectivity index (χ3n) is 3.85. The summed E-state index contributed by atoms with van der Waals surface area (Å²) in [6.07, 6.45) is 0. The number of aryl methyl sites for hydroxylation is 5. The fourth-order valence-corrected chi connectivity index (χ4v) is 2.61. The number of anilines is 1. The third-order valence-corrected chi connectivity index (χ3v) is 3.85. The zero-order valence-electron chi connectivity index (χ0n) is 14.0. The lowest BCUT2D eigenvalue weighted by atomic mass is 10.1. The van der Waals surface area contributed by atoms with E-state index in [1.165, 1.54) is 0 Å². The Balaban J connectivity index is 2.05. The lowest BCUT2D eigenvalue weighted by molar-refractivity contribution is 0.251. The van der Waals surface area contributed by atoms with Crippen molar-refractivity contribution in [2.45, 2.75) is 41.2 Å².